The van der Waals surface area contributed by atoms with Crippen LogP contribution in [-0.2, 0) is 7.05 Å². The van der Waals surface area contributed by atoms with Crippen molar-refractivity contribution in [3.05, 3.63) is 78.0 Å². The SMILES string of the molecule is Cn1cc(C2=CN=C3NC=C(c4nnc([C@@H](N)c5ccccc5)o4)C3C2)cn1. The summed E-state index contributed by atoms with van der Waals surface area (Å²) >= 11 is 0. The van der Waals surface area contributed by atoms with E-state index in [1.807, 2.05) is 62.2 Å². The molecule has 1 aromatic carbocycles. The van der Waals surface area contributed by atoms with Crippen LogP contribution in [0.5, 0.6) is 0 Å². The van der Waals surface area contributed by atoms with Crippen molar-refractivity contribution in [2.75, 3.05) is 0 Å². The molecule has 1 unspecified atom stereocenters. The highest BCUT2D eigenvalue weighted by Crippen LogP contribution is 2.37. The Hall–Kier alpha value is -3.52. The molecule has 0 radical (unpaired) electrons. The summed E-state index contributed by atoms with van der Waals surface area (Å²) in [5.41, 5.74) is 10.3. The number of aryl methyl sites for hydroxylation is 1. The lowest BCUT2D eigenvalue weighted by molar-refractivity contribution is 0.460. The van der Waals surface area contributed by atoms with Crippen LogP contribution < -0.4 is 11.1 Å². The van der Waals surface area contributed by atoms with E-state index in [0.717, 1.165) is 34.5 Å². The Balaban J connectivity index is 1.39. The first kappa shape index (κ1) is 16.6. The minimum absolute atomic E-state index is 0.0430. The Labute approximate surface area is 161 Å². The van der Waals surface area contributed by atoms with Crippen LogP contribution in [-0.4, -0.2) is 25.8 Å². The minimum Gasteiger partial charge on any atom is -0.419 e. The lowest BCUT2D eigenvalue weighted by atomic mass is 9.89. The minimum atomic E-state index is -0.456. The lowest BCUT2D eigenvalue weighted by Gasteiger charge is -2.18. The summed E-state index contributed by atoms with van der Waals surface area (Å²) in [4.78, 5) is 4.56. The smallest absolute Gasteiger partial charge is 0.246 e. The second-order valence-electron chi connectivity index (χ2n) is 6.91. The Kier molecular flexibility index (Phi) is 3.91. The average molecular weight is 373 g/mol. The molecule has 4 heterocycles. The number of aliphatic imine (C=N–C) groups is 1. The molecular formula is C20H19N7O. The number of hydrogen-bond donors (Lipinski definition) is 2. The number of rotatable bonds is 4. The number of nitrogens with two attached hydrogens (primary N) is 1. The highest BCUT2D eigenvalue weighted by atomic mass is 16.4. The number of allylic oxidation sites excluding steroid dienone is 1. The van der Waals surface area contributed by atoms with Gasteiger partial charge in [-0.2, -0.15) is 5.10 Å². The quantitative estimate of drug-likeness (QED) is 0.726. The molecular weight excluding hydrogens is 354 g/mol. The van der Waals surface area contributed by atoms with Gasteiger partial charge in [0.25, 0.3) is 0 Å². The molecule has 0 bridgehead atoms. The van der Waals surface area contributed by atoms with Crippen molar-refractivity contribution in [3.63, 3.8) is 0 Å². The number of hydrogen-bond acceptors (Lipinski definition) is 7. The zero-order valence-electron chi connectivity index (χ0n) is 15.3. The Bertz CT molecular complexity index is 1110. The Morgan fingerprint density at radius 3 is 2.89 bits per heavy atom. The van der Waals surface area contributed by atoms with Gasteiger partial charge in [-0.1, -0.05) is 30.3 Å². The summed E-state index contributed by atoms with van der Waals surface area (Å²) in [6.45, 7) is 0. The van der Waals surface area contributed by atoms with E-state index in [2.05, 4.69) is 25.6 Å². The van der Waals surface area contributed by atoms with E-state index in [1.54, 1.807) is 4.68 Å². The molecule has 0 saturated heterocycles. The van der Waals surface area contributed by atoms with Crippen molar-refractivity contribution in [2.45, 2.75) is 12.5 Å². The number of nitrogens with zero attached hydrogens (tertiary/aromatic N) is 5. The second kappa shape index (κ2) is 6.58. The van der Waals surface area contributed by atoms with Crippen LogP contribution in [0.1, 0.15) is 35.4 Å². The molecule has 0 saturated carbocycles. The fraction of sp³-hybridized carbons (Fsp3) is 0.200. The van der Waals surface area contributed by atoms with E-state index in [0.29, 0.717) is 11.8 Å². The van der Waals surface area contributed by atoms with Crippen LogP contribution in [0.15, 0.2) is 64.5 Å². The number of nitrogens with one attached hydrogen (secondary N) is 1. The fourth-order valence-corrected chi connectivity index (χ4v) is 3.52. The number of benzene rings is 1. The Morgan fingerprint density at radius 1 is 1.25 bits per heavy atom. The van der Waals surface area contributed by atoms with E-state index in [-0.39, 0.29) is 5.92 Å². The predicted molar refractivity (Wildman–Crippen MR) is 105 cm³/mol. The zero-order valence-corrected chi connectivity index (χ0v) is 15.3. The number of amidine groups is 1. The first-order valence-electron chi connectivity index (χ1n) is 9.05. The third kappa shape index (κ3) is 2.84. The standard InChI is InChI=1S/C20H19N7O/c1-27-11-14(9-24-27)13-7-15-16(10-23-18(15)22-8-13)19-25-26-20(28-19)17(21)12-5-3-2-4-6-12/h2-6,8-11,15,17H,7,21H2,1H3,(H,22,23)/t15?,17-/m0/s1. The molecule has 28 heavy (non-hydrogen) atoms. The molecule has 8 nitrogen and oxygen atoms in total. The van der Waals surface area contributed by atoms with Gasteiger partial charge in [-0.3, -0.25) is 4.68 Å². The number of fused-ring (bicyclic) bond motifs is 1. The first-order chi connectivity index (χ1) is 13.7. The zero-order chi connectivity index (χ0) is 19.1. The summed E-state index contributed by atoms with van der Waals surface area (Å²) in [7, 11) is 1.90. The maximum absolute atomic E-state index is 6.29. The third-order valence-corrected chi connectivity index (χ3v) is 5.05. The van der Waals surface area contributed by atoms with E-state index in [4.69, 9.17) is 10.2 Å². The van der Waals surface area contributed by atoms with Crippen LogP contribution in [0.4, 0.5) is 0 Å². The van der Waals surface area contributed by atoms with Gasteiger partial charge in [0, 0.05) is 36.8 Å². The van der Waals surface area contributed by atoms with Crippen LogP contribution in [0, 0.1) is 5.92 Å². The summed E-state index contributed by atoms with van der Waals surface area (Å²) < 4.78 is 7.72. The van der Waals surface area contributed by atoms with Crippen molar-refractivity contribution in [2.24, 2.45) is 23.7 Å². The van der Waals surface area contributed by atoms with Gasteiger partial charge in [-0.05, 0) is 17.6 Å². The normalized spacial score (nSPS) is 19.4. The van der Waals surface area contributed by atoms with E-state index in [1.165, 1.54) is 0 Å². The van der Waals surface area contributed by atoms with Crippen LogP contribution >= 0.6 is 0 Å². The highest BCUT2D eigenvalue weighted by Gasteiger charge is 2.33. The fourth-order valence-electron chi connectivity index (χ4n) is 3.52. The second-order valence-corrected chi connectivity index (χ2v) is 6.91. The molecule has 140 valence electrons. The molecule has 5 rings (SSSR count). The summed E-state index contributed by atoms with van der Waals surface area (Å²) in [6, 6.07) is 9.26. The van der Waals surface area contributed by atoms with Gasteiger partial charge >= 0.3 is 0 Å². The van der Waals surface area contributed by atoms with Crippen LogP contribution in [0.2, 0.25) is 0 Å². The van der Waals surface area contributed by atoms with Crippen molar-refractivity contribution in [3.8, 4) is 0 Å². The molecule has 0 fully saturated rings. The Morgan fingerprint density at radius 2 is 2.11 bits per heavy atom. The average Bonchev–Trinajstić information content (AvgIpc) is 3.46. The van der Waals surface area contributed by atoms with Crippen LogP contribution in [0.25, 0.3) is 11.1 Å². The van der Waals surface area contributed by atoms with Gasteiger partial charge in [0.15, 0.2) is 0 Å². The summed E-state index contributed by atoms with van der Waals surface area (Å²) in [5.74, 6) is 1.79. The predicted octanol–water partition coefficient (Wildman–Crippen LogP) is 2.25. The molecule has 0 amide bonds. The number of aromatic nitrogens is 4. The molecule has 8 heteroatoms. The van der Waals surface area contributed by atoms with Gasteiger partial charge in [0.1, 0.15) is 11.9 Å². The topological polar surface area (TPSA) is 107 Å². The van der Waals surface area contributed by atoms with E-state index >= 15 is 0 Å². The van der Waals surface area contributed by atoms with Gasteiger partial charge < -0.3 is 15.5 Å². The summed E-state index contributed by atoms with van der Waals surface area (Å²) in [5, 5.41) is 15.9. The van der Waals surface area contributed by atoms with Gasteiger partial charge in [-0.25, -0.2) is 4.99 Å². The molecule has 0 aliphatic carbocycles. The lowest BCUT2D eigenvalue weighted by Crippen LogP contribution is -2.22. The molecule has 2 aliphatic heterocycles. The monoisotopic (exact) mass is 373 g/mol. The van der Waals surface area contributed by atoms with Crippen molar-refractivity contribution >= 4 is 17.0 Å². The van der Waals surface area contributed by atoms with Crippen molar-refractivity contribution in [1.82, 2.24) is 25.3 Å². The van der Waals surface area contributed by atoms with Crippen molar-refractivity contribution < 1.29 is 4.42 Å². The largest absolute Gasteiger partial charge is 0.419 e. The molecule has 2 aliphatic rings. The highest BCUT2D eigenvalue weighted by molar-refractivity contribution is 6.02. The van der Waals surface area contributed by atoms with Gasteiger partial charge in [-0.15, -0.1) is 10.2 Å². The summed E-state index contributed by atoms with van der Waals surface area (Å²) in [6.07, 6.45) is 8.39. The third-order valence-electron chi connectivity index (χ3n) is 5.05. The first-order valence-corrected chi connectivity index (χ1v) is 9.05. The maximum Gasteiger partial charge on any atom is 0.246 e. The van der Waals surface area contributed by atoms with Crippen molar-refractivity contribution in [1.29, 1.82) is 0 Å². The van der Waals surface area contributed by atoms with E-state index in [9.17, 15) is 0 Å². The van der Waals surface area contributed by atoms with E-state index < -0.39 is 6.04 Å². The molecule has 2 atom stereocenters. The molecule has 2 aromatic heterocycles. The van der Waals surface area contributed by atoms with Gasteiger partial charge in [0.2, 0.25) is 11.8 Å². The van der Waals surface area contributed by atoms with Crippen LogP contribution in [0.3, 0.4) is 0 Å². The maximum atomic E-state index is 6.29. The molecule has 0 spiro atoms. The molecule has 3 aromatic rings. The van der Waals surface area contributed by atoms with Gasteiger partial charge in [0.05, 0.1) is 12.1 Å². The molecule has 3 N–H and O–H groups in total.